The number of nitrogens with two attached hydrogens (primary N) is 1. The zero-order valence-electron chi connectivity index (χ0n) is 8.27. The van der Waals surface area contributed by atoms with Crippen molar-refractivity contribution in [1.82, 2.24) is 0 Å². The maximum atomic E-state index is 10.9. The maximum Gasteiger partial charge on any atom is 0.307 e. The van der Waals surface area contributed by atoms with Crippen LogP contribution in [0.25, 0.3) is 0 Å². The van der Waals surface area contributed by atoms with Gasteiger partial charge in [0.15, 0.2) is 0 Å². The minimum atomic E-state index is -0.360. The van der Waals surface area contributed by atoms with E-state index in [1.54, 1.807) is 18.2 Å². The lowest BCUT2D eigenvalue weighted by molar-refractivity contribution is -0.141. The van der Waals surface area contributed by atoms with Crippen LogP contribution in [0.5, 0.6) is 0 Å². The van der Waals surface area contributed by atoms with E-state index in [0.29, 0.717) is 5.02 Å². The Morgan fingerprint density at radius 2 is 2.27 bits per heavy atom. The Morgan fingerprint density at radius 1 is 1.60 bits per heavy atom. The van der Waals surface area contributed by atoms with E-state index in [1.165, 1.54) is 7.11 Å². The van der Waals surface area contributed by atoms with E-state index in [0.717, 1.165) is 5.56 Å². The quantitative estimate of drug-likeness (QED) is 0.837. The first-order valence-electron chi connectivity index (χ1n) is 4.21. The van der Waals surface area contributed by atoms with E-state index in [2.05, 4.69) is 4.74 Å². The van der Waals surface area contributed by atoms with Gasteiger partial charge in [0.1, 0.15) is 0 Å². The van der Waals surface area contributed by atoms with Crippen molar-refractivity contribution in [3.05, 3.63) is 34.9 Å². The first kappa shape index (κ1) is 14.2. The van der Waals surface area contributed by atoms with Gasteiger partial charge in [0.25, 0.3) is 0 Å². The van der Waals surface area contributed by atoms with Gasteiger partial charge in [-0.2, -0.15) is 0 Å². The van der Waals surface area contributed by atoms with Crippen molar-refractivity contribution < 1.29 is 9.53 Å². The molecule has 84 valence electrons. The number of methoxy groups -OCH3 is 1. The van der Waals surface area contributed by atoms with Crippen molar-refractivity contribution in [3.8, 4) is 0 Å². The molecule has 0 aliphatic carbocycles. The number of carbonyl (C=O) groups excluding carboxylic acids is 1. The highest BCUT2D eigenvalue weighted by molar-refractivity contribution is 6.30. The smallest absolute Gasteiger partial charge is 0.307 e. The topological polar surface area (TPSA) is 52.3 Å². The molecule has 0 saturated carbocycles. The van der Waals surface area contributed by atoms with E-state index in [9.17, 15) is 4.79 Å². The van der Waals surface area contributed by atoms with Gasteiger partial charge in [-0.3, -0.25) is 4.79 Å². The first-order valence-corrected chi connectivity index (χ1v) is 4.59. The molecule has 0 aliphatic rings. The Morgan fingerprint density at radius 3 is 2.80 bits per heavy atom. The summed E-state index contributed by atoms with van der Waals surface area (Å²) in [5, 5.41) is 0.614. The van der Waals surface area contributed by atoms with Gasteiger partial charge < -0.3 is 10.5 Å². The normalized spacial score (nSPS) is 11.4. The molecule has 0 radical (unpaired) electrons. The summed E-state index contributed by atoms with van der Waals surface area (Å²) in [5.74, 6) is -0.322. The lowest BCUT2D eigenvalue weighted by Crippen LogP contribution is -2.16. The van der Waals surface area contributed by atoms with Crippen LogP contribution in [-0.2, 0) is 9.53 Å². The molecule has 1 aromatic carbocycles. The van der Waals surface area contributed by atoms with Crippen LogP contribution in [0, 0.1) is 0 Å². The molecular weight excluding hydrogens is 237 g/mol. The Kier molecular flexibility index (Phi) is 6.32. The van der Waals surface area contributed by atoms with Crippen LogP contribution >= 0.6 is 24.0 Å². The number of ether oxygens (including phenoxy) is 1. The monoisotopic (exact) mass is 249 g/mol. The second-order valence-corrected chi connectivity index (χ2v) is 3.38. The zero-order valence-corrected chi connectivity index (χ0v) is 9.85. The van der Waals surface area contributed by atoms with E-state index in [1.807, 2.05) is 6.07 Å². The maximum absolute atomic E-state index is 10.9. The predicted molar refractivity (Wildman–Crippen MR) is 62.3 cm³/mol. The molecule has 15 heavy (non-hydrogen) atoms. The van der Waals surface area contributed by atoms with Gasteiger partial charge in [-0.1, -0.05) is 23.7 Å². The summed E-state index contributed by atoms with van der Waals surface area (Å²) in [5.41, 5.74) is 6.62. The second kappa shape index (κ2) is 6.67. The van der Waals surface area contributed by atoms with Crippen molar-refractivity contribution in [2.24, 2.45) is 5.73 Å². The van der Waals surface area contributed by atoms with Gasteiger partial charge in [-0.05, 0) is 17.7 Å². The van der Waals surface area contributed by atoms with E-state index < -0.39 is 0 Å². The molecule has 2 N–H and O–H groups in total. The highest BCUT2D eigenvalue weighted by atomic mass is 35.5. The summed E-state index contributed by atoms with van der Waals surface area (Å²) in [6, 6.07) is 6.78. The van der Waals surface area contributed by atoms with Gasteiger partial charge in [0.2, 0.25) is 0 Å². The van der Waals surface area contributed by atoms with Crippen molar-refractivity contribution in [2.75, 3.05) is 7.11 Å². The fourth-order valence-corrected chi connectivity index (χ4v) is 1.32. The minimum absolute atomic E-state index is 0. The average Bonchev–Trinajstić information content (AvgIpc) is 2.17. The molecule has 0 aromatic heterocycles. The molecular formula is C10H13Cl2NO2. The summed E-state index contributed by atoms with van der Waals surface area (Å²) in [4.78, 5) is 10.9. The molecule has 1 rings (SSSR count). The molecule has 0 aliphatic heterocycles. The molecule has 5 heteroatoms. The largest absolute Gasteiger partial charge is 0.469 e. The lowest BCUT2D eigenvalue weighted by Gasteiger charge is -2.10. The van der Waals surface area contributed by atoms with Crippen LogP contribution < -0.4 is 5.73 Å². The van der Waals surface area contributed by atoms with Gasteiger partial charge >= 0.3 is 5.97 Å². The van der Waals surface area contributed by atoms with Crippen LogP contribution in [0.2, 0.25) is 5.02 Å². The van der Waals surface area contributed by atoms with Crippen LogP contribution in [0.1, 0.15) is 18.0 Å². The van der Waals surface area contributed by atoms with Crippen LogP contribution in [0.4, 0.5) is 0 Å². The minimum Gasteiger partial charge on any atom is -0.469 e. The Hall–Kier alpha value is -0.770. The third kappa shape index (κ3) is 4.51. The summed E-state index contributed by atoms with van der Waals surface area (Å²) in [6.45, 7) is 0. The standard InChI is InChI=1S/C10H12ClNO2.ClH/c1-14-10(13)6-9(12)7-3-2-4-8(11)5-7;/h2-5,9H,6,12H2,1H3;1H/t9-;/m1./s1. The molecule has 0 amide bonds. The highest BCUT2D eigenvalue weighted by Crippen LogP contribution is 2.18. The second-order valence-electron chi connectivity index (χ2n) is 2.94. The van der Waals surface area contributed by atoms with E-state index >= 15 is 0 Å². The molecule has 0 fully saturated rings. The number of rotatable bonds is 3. The fourth-order valence-electron chi connectivity index (χ4n) is 1.12. The summed E-state index contributed by atoms with van der Waals surface area (Å²) in [6.07, 6.45) is 0.164. The SMILES string of the molecule is COC(=O)C[C@@H](N)c1cccc(Cl)c1.Cl. The summed E-state index contributed by atoms with van der Waals surface area (Å²) in [7, 11) is 1.34. The van der Waals surface area contributed by atoms with Crippen molar-refractivity contribution in [2.45, 2.75) is 12.5 Å². The summed E-state index contributed by atoms with van der Waals surface area (Å²) < 4.78 is 4.52. The number of esters is 1. The molecule has 1 atom stereocenters. The van der Waals surface area contributed by atoms with Gasteiger partial charge in [0, 0.05) is 11.1 Å². The molecule has 0 bridgehead atoms. The van der Waals surface area contributed by atoms with Gasteiger partial charge in [-0.25, -0.2) is 0 Å². The van der Waals surface area contributed by atoms with Crippen LogP contribution in [0.3, 0.4) is 0 Å². The first-order chi connectivity index (χ1) is 6.63. The van der Waals surface area contributed by atoms with Gasteiger partial charge in [0.05, 0.1) is 13.5 Å². The number of hydrogen-bond donors (Lipinski definition) is 1. The van der Waals surface area contributed by atoms with E-state index in [4.69, 9.17) is 17.3 Å². The molecule has 0 unspecified atom stereocenters. The van der Waals surface area contributed by atoms with Crippen molar-refractivity contribution in [3.63, 3.8) is 0 Å². The van der Waals surface area contributed by atoms with Crippen molar-refractivity contribution in [1.29, 1.82) is 0 Å². The third-order valence-corrected chi connectivity index (χ3v) is 2.13. The molecule has 0 heterocycles. The highest BCUT2D eigenvalue weighted by Gasteiger charge is 2.11. The number of benzene rings is 1. The molecule has 0 spiro atoms. The van der Waals surface area contributed by atoms with Crippen molar-refractivity contribution >= 4 is 30.0 Å². The number of halogens is 2. The van der Waals surface area contributed by atoms with Gasteiger partial charge in [-0.15, -0.1) is 12.4 Å². The molecule has 1 aromatic rings. The van der Waals surface area contributed by atoms with Crippen LogP contribution in [-0.4, -0.2) is 13.1 Å². The Bertz CT molecular complexity index is 331. The average molecular weight is 250 g/mol. The Balaban J connectivity index is 0.00000196. The molecule has 0 saturated heterocycles. The summed E-state index contributed by atoms with van der Waals surface area (Å²) >= 11 is 5.79. The Labute approximate surface area is 100.0 Å². The molecule has 3 nitrogen and oxygen atoms in total. The zero-order chi connectivity index (χ0) is 10.6. The number of carbonyl (C=O) groups is 1. The lowest BCUT2D eigenvalue weighted by atomic mass is 10.1. The number of hydrogen-bond acceptors (Lipinski definition) is 3. The predicted octanol–water partition coefficient (Wildman–Crippen LogP) is 2.32. The van der Waals surface area contributed by atoms with E-state index in [-0.39, 0.29) is 30.8 Å². The van der Waals surface area contributed by atoms with Crippen LogP contribution in [0.15, 0.2) is 24.3 Å². The third-order valence-electron chi connectivity index (χ3n) is 1.89. The fraction of sp³-hybridized carbons (Fsp3) is 0.300.